The molecule has 3 rings (SSSR count). The van der Waals surface area contributed by atoms with E-state index < -0.39 is 0 Å². The first-order valence-corrected chi connectivity index (χ1v) is 6.21. The van der Waals surface area contributed by atoms with E-state index in [1.807, 2.05) is 18.2 Å². The van der Waals surface area contributed by atoms with Crippen molar-refractivity contribution in [3.05, 3.63) is 59.7 Å². The van der Waals surface area contributed by atoms with Gasteiger partial charge < -0.3 is 5.11 Å². The van der Waals surface area contributed by atoms with E-state index >= 15 is 0 Å². The fourth-order valence-electron chi connectivity index (χ4n) is 2.72. The second-order valence-electron chi connectivity index (χ2n) is 4.65. The molecule has 0 spiro atoms. The van der Waals surface area contributed by atoms with Gasteiger partial charge in [-0.2, -0.15) is 0 Å². The van der Waals surface area contributed by atoms with Crippen LogP contribution < -0.4 is 0 Å². The zero-order chi connectivity index (χ0) is 11.7. The predicted molar refractivity (Wildman–Crippen MR) is 69.8 cm³/mol. The molecule has 1 atom stereocenters. The maximum absolute atomic E-state index is 10.2. The number of hydrogen-bond donors (Lipinski definition) is 1. The van der Waals surface area contributed by atoms with Crippen LogP contribution in [0.2, 0.25) is 0 Å². The lowest BCUT2D eigenvalue weighted by molar-refractivity contribution is 0.157. The van der Waals surface area contributed by atoms with E-state index in [1.54, 1.807) is 0 Å². The van der Waals surface area contributed by atoms with E-state index in [4.69, 9.17) is 0 Å². The number of benzene rings is 2. The number of hydrogen-bond acceptors (Lipinski definition) is 1. The van der Waals surface area contributed by atoms with Gasteiger partial charge in [-0.3, -0.25) is 0 Å². The van der Waals surface area contributed by atoms with E-state index in [2.05, 4.69) is 30.3 Å². The van der Waals surface area contributed by atoms with Gasteiger partial charge in [-0.15, -0.1) is 0 Å². The molecule has 0 amide bonds. The molecule has 0 unspecified atom stereocenters. The monoisotopic (exact) mass is 224 g/mol. The summed E-state index contributed by atoms with van der Waals surface area (Å²) in [6, 6.07) is 16.7. The summed E-state index contributed by atoms with van der Waals surface area (Å²) in [5.74, 6) is 0. The average Bonchev–Trinajstić information content (AvgIpc) is 2.39. The highest BCUT2D eigenvalue weighted by molar-refractivity contribution is 5.69. The standard InChI is InChI=1S/C16H16O/c17-15-11-5-9-13-8-4-10-14(16(13)15)12-6-2-1-3-7-12/h1-4,6-8,10,15,17H,5,9,11H2/t15-/m0/s1. The van der Waals surface area contributed by atoms with Crippen molar-refractivity contribution in [3.8, 4) is 11.1 Å². The van der Waals surface area contributed by atoms with Crippen LogP contribution in [0.5, 0.6) is 0 Å². The van der Waals surface area contributed by atoms with E-state index in [1.165, 1.54) is 16.7 Å². The van der Waals surface area contributed by atoms with E-state index in [-0.39, 0.29) is 6.10 Å². The summed E-state index contributed by atoms with van der Waals surface area (Å²) in [6.07, 6.45) is 2.77. The first kappa shape index (κ1) is 10.5. The van der Waals surface area contributed by atoms with Gasteiger partial charge in [-0.25, -0.2) is 0 Å². The highest BCUT2D eigenvalue weighted by atomic mass is 16.3. The van der Waals surface area contributed by atoms with Crippen LogP contribution >= 0.6 is 0 Å². The Bertz CT molecular complexity index is 516. The highest BCUT2D eigenvalue weighted by Crippen LogP contribution is 2.37. The van der Waals surface area contributed by atoms with Crippen LogP contribution in [-0.2, 0) is 6.42 Å². The quantitative estimate of drug-likeness (QED) is 0.782. The molecule has 17 heavy (non-hydrogen) atoms. The van der Waals surface area contributed by atoms with Gasteiger partial charge in [0.15, 0.2) is 0 Å². The normalized spacial score (nSPS) is 18.8. The van der Waals surface area contributed by atoms with Gasteiger partial charge >= 0.3 is 0 Å². The molecule has 0 aromatic heterocycles. The summed E-state index contributed by atoms with van der Waals surface area (Å²) in [4.78, 5) is 0. The molecule has 0 bridgehead atoms. The van der Waals surface area contributed by atoms with Crippen LogP contribution in [0.1, 0.15) is 30.1 Å². The SMILES string of the molecule is O[C@H]1CCCc2cccc(-c3ccccc3)c21. The largest absolute Gasteiger partial charge is 0.388 e. The smallest absolute Gasteiger partial charge is 0.0798 e. The van der Waals surface area contributed by atoms with Gasteiger partial charge in [0, 0.05) is 0 Å². The lowest BCUT2D eigenvalue weighted by Gasteiger charge is -2.24. The van der Waals surface area contributed by atoms with Gasteiger partial charge in [0.2, 0.25) is 0 Å². The molecule has 1 aliphatic rings. The molecule has 0 radical (unpaired) electrons. The van der Waals surface area contributed by atoms with Gasteiger partial charge in [0.05, 0.1) is 6.10 Å². The van der Waals surface area contributed by atoms with Crippen molar-refractivity contribution < 1.29 is 5.11 Å². The van der Waals surface area contributed by atoms with Crippen molar-refractivity contribution in [2.75, 3.05) is 0 Å². The summed E-state index contributed by atoms with van der Waals surface area (Å²) in [5, 5.41) is 10.2. The maximum atomic E-state index is 10.2. The second kappa shape index (κ2) is 4.34. The van der Waals surface area contributed by atoms with Crippen LogP contribution in [0.15, 0.2) is 48.5 Å². The summed E-state index contributed by atoms with van der Waals surface area (Å²) in [6.45, 7) is 0. The van der Waals surface area contributed by atoms with Crippen molar-refractivity contribution in [2.45, 2.75) is 25.4 Å². The topological polar surface area (TPSA) is 20.2 Å². The van der Waals surface area contributed by atoms with Gasteiger partial charge in [-0.05, 0) is 41.5 Å². The Labute approximate surface area is 102 Å². The van der Waals surface area contributed by atoms with Crippen LogP contribution in [0, 0.1) is 0 Å². The van der Waals surface area contributed by atoms with Crippen molar-refractivity contribution in [1.82, 2.24) is 0 Å². The molecule has 1 nitrogen and oxygen atoms in total. The zero-order valence-electron chi connectivity index (χ0n) is 9.76. The van der Waals surface area contributed by atoms with Crippen LogP contribution in [0.25, 0.3) is 11.1 Å². The third kappa shape index (κ3) is 1.87. The number of aliphatic hydroxyl groups is 1. The molecule has 86 valence electrons. The van der Waals surface area contributed by atoms with Crippen molar-refractivity contribution in [2.24, 2.45) is 0 Å². The van der Waals surface area contributed by atoms with Crippen LogP contribution in [0.3, 0.4) is 0 Å². The first-order valence-electron chi connectivity index (χ1n) is 6.21. The Morgan fingerprint density at radius 3 is 2.59 bits per heavy atom. The van der Waals surface area contributed by atoms with Gasteiger partial charge in [-0.1, -0.05) is 48.5 Å². The molecular formula is C16H16O. The summed E-state index contributed by atoms with van der Waals surface area (Å²) >= 11 is 0. The lowest BCUT2D eigenvalue weighted by Crippen LogP contribution is -2.10. The second-order valence-corrected chi connectivity index (χ2v) is 4.65. The average molecular weight is 224 g/mol. The number of fused-ring (bicyclic) bond motifs is 1. The van der Waals surface area contributed by atoms with Crippen LogP contribution in [-0.4, -0.2) is 5.11 Å². The fourth-order valence-corrected chi connectivity index (χ4v) is 2.72. The molecule has 1 aliphatic carbocycles. The Balaban J connectivity index is 2.18. The third-order valence-corrected chi connectivity index (χ3v) is 3.54. The zero-order valence-corrected chi connectivity index (χ0v) is 9.76. The fraction of sp³-hybridized carbons (Fsp3) is 0.250. The molecule has 1 N–H and O–H groups in total. The van der Waals surface area contributed by atoms with Crippen LogP contribution in [0.4, 0.5) is 0 Å². The predicted octanol–water partition coefficient (Wildman–Crippen LogP) is 3.72. The van der Waals surface area contributed by atoms with E-state index in [9.17, 15) is 5.11 Å². The molecule has 2 aromatic rings. The van der Waals surface area contributed by atoms with Crippen molar-refractivity contribution in [3.63, 3.8) is 0 Å². The number of aryl methyl sites for hydroxylation is 1. The minimum absolute atomic E-state index is 0.296. The molecule has 0 saturated heterocycles. The summed E-state index contributed by atoms with van der Waals surface area (Å²) in [7, 11) is 0. The van der Waals surface area contributed by atoms with Gasteiger partial charge in [0.25, 0.3) is 0 Å². The molecule has 0 fully saturated rings. The Hall–Kier alpha value is -1.60. The molecule has 1 heteroatoms. The van der Waals surface area contributed by atoms with Crippen molar-refractivity contribution >= 4 is 0 Å². The minimum atomic E-state index is -0.296. The van der Waals surface area contributed by atoms with Gasteiger partial charge in [0.1, 0.15) is 0 Å². The summed E-state index contributed by atoms with van der Waals surface area (Å²) < 4.78 is 0. The highest BCUT2D eigenvalue weighted by Gasteiger charge is 2.21. The minimum Gasteiger partial charge on any atom is -0.388 e. The molecule has 2 aromatic carbocycles. The molecule has 0 heterocycles. The van der Waals surface area contributed by atoms with E-state index in [0.29, 0.717) is 0 Å². The summed E-state index contributed by atoms with van der Waals surface area (Å²) in [5.41, 5.74) is 4.84. The Morgan fingerprint density at radius 1 is 0.941 bits per heavy atom. The third-order valence-electron chi connectivity index (χ3n) is 3.54. The molecular weight excluding hydrogens is 208 g/mol. The molecule has 0 aliphatic heterocycles. The maximum Gasteiger partial charge on any atom is 0.0798 e. The first-order chi connectivity index (χ1) is 8.36. The Kier molecular flexibility index (Phi) is 2.69. The number of aliphatic hydroxyl groups excluding tert-OH is 1. The lowest BCUT2D eigenvalue weighted by atomic mass is 9.84. The van der Waals surface area contributed by atoms with Crippen molar-refractivity contribution in [1.29, 1.82) is 0 Å². The number of rotatable bonds is 1. The van der Waals surface area contributed by atoms with E-state index in [0.717, 1.165) is 24.8 Å². The molecule has 0 saturated carbocycles. The Morgan fingerprint density at radius 2 is 1.76 bits per heavy atom.